The summed E-state index contributed by atoms with van der Waals surface area (Å²) in [5, 5.41) is 2.77. The fourth-order valence-electron chi connectivity index (χ4n) is 2.77. The molecule has 2 rings (SSSR count). The third kappa shape index (κ3) is 5.69. The Kier molecular flexibility index (Phi) is 7.33. The standard InChI is InChI=1S/C21H25FN2O2/c1-3-23-21(26)16(2)24(14-13-17-7-5-4-6-8-17)20(25)15-18-9-11-19(22)12-10-18/h4-12,16H,3,13-15H2,1-2H3,(H,23,26)/t16-/m0/s1. The molecule has 138 valence electrons. The number of hydrogen-bond donors (Lipinski definition) is 1. The molecule has 5 heteroatoms. The van der Waals surface area contributed by atoms with Crippen LogP contribution in [0.4, 0.5) is 4.39 Å². The predicted molar refractivity (Wildman–Crippen MR) is 100 cm³/mol. The van der Waals surface area contributed by atoms with Gasteiger partial charge in [-0.3, -0.25) is 9.59 Å². The summed E-state index contributed by atoms with van der Waals surface area (Å²) in [7, 11) is 0. The monoisotopic (exact) mass is 356 g/mol. The minimum atomic E-state index is -0.563. The molecule has 0 aliphatic heterocycles. The van der Waals surface area contributed by atoms with E-state index >= 15 is 0 Å². The maximum absolute atomic E-state index is 13.1. The second-order valence-electron chi connectivity index (χ2n) is 6.20. The Morgan fingerprint density at radius 2 is 1.69 bits per heavy atom. The lowest BCUT2D eigenvalue weighted by Gasteiger charge is -2.28. The van der Waals surface area contributed by atoms with Crippen LogP contribution < -0.4 is 5.32 Å². The summed E-state index contributed by atoms with van der Waals surface area (Å²) in [4.78, 5) is 26.7. The molecule has 1 atom stereocenters. The van der Waals surface area contributed by atoms with Crippen molar-refractivity contribution < 1.29 is 14.0 Å². The molecule has 0 radical (unpaired) electrons. The molecule has 0 aliphatic carbocycles. The van der Waals surface area contributed by atoms with Crippen molar-refractivity contribution in [3.8, 4) is 0 Å². The number of carbonyl (C=O) groups is 2. The zero-order valence-corrected chi connectivity index (χ0v) is 15.2. The average Bonchev–Trinajstić information content (AvgIpc) is 2.64. The molecular weight excluding hydrogens is 331 g/mol. The van der Waals surface area contributed by atoms with Gasteiger partial charge in [0, 0.05) is 13.1 Å². The van der Waals surface area contributed by atoms with Gasteiger partial charge in [0.2, 0.25) is 11.8 Å². The maximum atomic E-state index is 13.1. The minimum Gasteiger partial charge on any atom is -0.355 e. The third-order valence-electron chi connectivity index (χ3n) is 4.27. The van der Waals surface area contributed by atoms with Gasteiger partial charge in [-0.15, -0.1) is 0 Å². The lowest BCUT2D eigenvalue weighted by atomic mass is 10.1. The number of hydrogen-bond acceptors (Lipinski definition) is 2. The quantitative estimate of drug-likeness (QED) is 0.791. The first-order valence-corrected chi connectivity index (χ1v) is 8.86. The van der Waals surface area contributed by atoms with Crippen molar-refractivity contribution in [2.24, 2.45) is 0 Å². The molecular formula is C21H25FN2O2. The molecule has 0 bridgehead atoms. The summed E-state index contributed by atoms with van der Waals surface area (Å²) in [6.07, 6.45) is 0.804. The summed E-state index contributed by atoms with van der Waals surface area (Å²) >= 11 is 0. The highest BCUT2D eigenvalue weighted by Gasteiger charge is 2.25. The van der Waals surface area contributed by atoms with Gasteiger partial charge in [-0.1, -0.05) is 42.5 Å². The van der Waals surface area contributed by atoms with Crippen molar-refractivity contribution in [2.75, 3.05) is 13.1 Å². The Hall–Kier alpha value is -2.69. The third-order valence-corrected chi connectivity index (χ3v) is 4.27. The van der Waals surface area contributed by atoms with Crippen LogP contribution in [0.5, 0.6) is 0 Å². The molecule has 0 saturated carbocycles. The molecule has 0 saturated heterocycles. The van der Waals surface area contributed by atoms with E-state index in [1.807, 2.05) is 37.3 Å². The Morgan fingerprint density at radius 3 is 2.31 bits per heavy atom. The first kappa shape index (κ1) is 19.6. The number of nitrogens with one attached hydrogen (secondary N) is 1. The van der Waals surface area contributed by atoms with E-state index in [9.17, 15) is 14.0 Å². The average molecular weight is 356 g/mol. The van der Waals surface area contributed by atoms with Gasteiger partial charge in [0.25, 0.3) is 0 Å². The van der Waals surface area contributed by atoms with Crippen LogP contribution >= 0.6 is 0 Å². The maximum Gasteiger partial charge on any atom is 0.242 e. The van der Waals surface area contributed by atoms with Gasteiger partial charge < -0.3 is 10.2 Å². The Labute approximate surface area is 154 Å². The van der Waals surface area contributed by atoms with Crippen LogP contribution in [0.3, 0.4) is 0 Å². The van der Waals surface area contributed by atoms with Gasteiger partial charge in [-0.2, -0.15) is 0 Å². The molecule has 0 fully saturated rings. The van der Waals surface area contributed by atoms with Gasteiger partial charge in [0.05, 0.1) is 6.42 Å². The number of rotatable bonds is 8. The van der Waals surface area contributed by atoms with Crippen LogP contribution in [0.15, 0.2) is 54.6 Å². The zero-order valence-electron chi connectivity index (χ0n) is 15.2. The molecule has 0 spiro atoms. The van der Waals surface area contributed by atoms with Crippen LogP contribution in [0.25, 0.3) is 0 Å². The second kappa shape index (κ2) is 9.70. The van der Waals surface area contributed by atoms with E-state index in [0.717, 1.165) is 11.1 Å². The van der Waals surface area contributed by atoms with Gasteiger partial charge in [-0.25, -0.2) is 4.39 Å². The van der Waals surface area contributed by atoms with Crippen molar-refractivity contribution >= 4 is 11.8 Å². The number of halogens is 1. The lowest BCUT2D eigenvalue weighted by molar-refractivity contribution is -0.139. The Balaban J connectivity index is 2.11. The number of carbonyl (C=O) groups excluding carboxylic acids is 2. The normalized spacial score (nSPS) is 11.7. The van der Waals surface area contributed by atoms with E-state index in [-0.39, 0.29) is 24.1 Å². The summed E-state index contributed by atoms with van der Waals surface area (Å²) in [5.41, 5.74) is 1.83. The van der Waals surface area contributed by atoms with E-state index in [0.29, 0.717) is 19.5 Å². The Bertz CT molecular complexity index is 717. The van der Waals surface area contributed by atoms with Crippen molar-refractivity contribution in [1.29, 1.82) is 0 Å². The van der Waals surface area contributed by atoms with Gasteiger partial charge in [-0.05, 0) is 43.5 Å². The van der Waals surface area contributed by atoms with Crippen LogP contribution in [0, 0.1) is 5.82 Å². The molecule has 0 heterocycles. The molecule has 2 aromatic carbocycles. The first-order chi connectivity index (χ1) is 12.5. The van der Waals surface area contributed by atoms with Gasteiger partial charge >= 0.3 is 0 Å². The first-order valence-electron chi connectivity index (χ1n) is 8.86. The highest BCUT2D eigenvalue weighted by atomic mass is 19.1. The van der Waals surface area contributed by atoms with Crippen LogP contribution in [-0.4, -0.2) is 35.8 Å². The van der Waals surface area contributed by atoms with E-state index in [1.165, 1.54) is 12.1 Å². The summed E-state index contributed by atoms with van der Waals surface area (Å²) in [5.74, 6) is -0.655. The van der Waals surface area contributed by atoms with Crippen molar-refractivity contribution in [3.05, 3.63) is 71.5 Å². The minimum absolute atomic E-state index is 0.138. The molecule has 0 unspecified atom stereocenters. The molecule has 4 nitrogen and oxygen atoms in total. The molecule has 2 amide bonds. The second-order valence-corrected chi connectivity index (χ2v) is 6.20. The SMILES string of the molecule is CCNC(=O)[C@H](C)N(CCc1ccccc1)C(=O)Cc1ccc(F)cc1. The number of nitrogens with zero attached hydrogens (tertiary/aromatic N) is 1. The highest BCUT2D eigenvalue weighted by Crippen LogP contribution is 2.10. The van der Waals surface area contributed by atoms with Crippen LogP contribution in [-0.2, 0) is 22.4 Å². The predicted octanol–water partition coefficient (Wildman–Crippen LogP) is 2.96. The summed E-state index contributed by atoms with van der Waals surface area (Å²) in [6, 6.07) is 15.1. The van der Waals surface area contributed by atoms with Gasteiger partial charge in [0.15, 0.2) is 0 Å². The van der Waals surface area contributed by atoms with Crippen LogP contribution in [0.2, 0.25) is 0 Å². The fourth-order valence-corrected chi connectivity index (χ4v) is 2.77. The topological polar surface area (TPSA) is 49.4 Å². The highest BCUT2D eigenvalue weighted by molar-refractivity contribution is 5.88. The molecule has 26 heavy (non-hydrogen) atoms. The van der Waals surface area contributed by atoms with E-state index < -0.39 is 6.04 Å². The molecule has 0 aliphatic rings. The molecule has 1 N–H and O–H groups in total. The van der Waals surface area contributed by atoms with Crippen molar-refractivity contribution in [2.45, 2.75) is 32.7 Å². The van der Waals surface area contributed by atoms with E-state index in [4.69, 9.17) is 0 Å². The summed E-state index contributed by atoms with van der Waals surface area (Å²) < 4.78 is 13.1. The van der Waals surface area contributed by atoms with Crippen molar-refractivity contribution in [1.82, 2.24) is 10.2 Å². The van der Waals surface area contributed by atoms with Gasteiger partial charge in [0.1, 0.15) is 11.9 Å². The molecule has 0 aromatic heterocycles. The van der Waals surface area contributed by atoms with E-state index in [2.05, 4.69) is 5.32 Å². The fraction of sp³-hybridized carbons (Fsp3) is 0.333. The lowest BCUT2D eigenvalue weighted by Crippen LogP contribution is -2.49. The number of benzene rings is 2. The number of amides is 2. The Morgan fingerprint density at radius 1 is 1.04 bits per heavy atom. The molecule has 2 aromatic rings. The smallest absolute Gasteiger partial charge is 0.242 e. The zero-order chi connectivity index (χ0) is 18.9. The summed E-state index contributed by atoms with van der Waals surface area (Å²) in [6.45, 7) is 4.54. The largest absolute Gasteiger partial charge is 0.355 e. The van der Waals surface area contributed by atoms with Crippen LogP contribution in [0.1, 0.15) is 25.0 Å². The van der Waals surface area contributed by atoms with E-state index in [1.54, 1.807) is 24.0 Å². The van der Waals surface area contributed by atoms with Crippen molar-refractivity contribution in [3.63, 3.8) is 0 Å². The number of likely N-dealkylation sites (N-methyl/N-ethyl adjacent to an activating group) is 1.